The minimum absolute atomic E-state index is 0.104. The molecule has 8 nitrogen and oxygen atoms in total. The minimum Gasteiger partial charge on any atom is -0.493 e. The SMILES string of the molecule is COc1cc(CCNC(=O)CCN2C(=O)CCC2=O)cc(OC)c1OC. The van der Waals surface area contributed by atoms with Crippen molar-refractivity contribution < 1.29 is 28.6 Å². The molecule has 1 fully saturated rings. The summed E-state index contributed by atoms with van der Waals surface area (Å²) in [4.78, 5) is 36.1. The zero-order chi connectivity index (χ0) is 19.1. The second-order valence-corrected chi connectivity index (χ2v) is 5.82. The molecular formula is C18H24N2O6. The molecular weight excluding hydrogens is 340 g/mol. The highest BCUT2D eigenvalue weighted by atomic mass is 16.5. The van der Waals surface area contributed by atoms with Gasteiger partial charge in [0.15, 0.2) is 11.5 Å². The van der Waals surface area contributed by atoms with Crippen LogP contribution in [-0.4, -0.2) is 57.0 Å². The lowest BCUT2D eigenvalue weighted by molar-refractivity contribution is -0.138. The molecule has 1 aliphatic rings. The number of imide groups is 1. The van der Waals surface area contributed by atoms with Crippen LogP contribution < -0.4 is 19.5 Å². The number of hydrogen-bond donors (Lipinski definition) is 1. The van der Waals surface area contributed by atoms with Crippen molar-refractivity contribution in [3.8, 4) is 17.2 Å². The van der Waals surface area contributed by atoms with E-state index in [-0.39, 0.29) is 43.5 Å². The molecule has 1 aromatic rings. The summed E-state index contributed by atoms with van der Waals surface area (Å²) in [6.45, 7) is 0.549. The van der Waals surface area contributed by atoms with Crippen LogP contribution >= 0.6 is 0 Å². The standard InChI is InChI=1S/C18H24N2O6/c1-24-13-10-12(11-14(25-2)18(13)26-3)6-8-19-15(21)7-9-20-16(22)4-5-17(20)23/h10-11H,4-9H2,1-3H3,(H,19,21). The summed E-state index contributed by atoms with van der Waals surface area (Å²) in [5.74, 6) is 1.01. The maximum absolute atomic E-state index is 11.9. The van der Waals surface area contributed by atoms with Crippen LogP contribution in [0.15, 0.2) is 12.1 Å². The number of amides is 3. The van der Waals surface area contributed by atoms with Gasteiger partial charge in [0.25, 0.3) is 0 Å². The van der Waals surface area contributed by atoms with Gasteiger partial charge in [-0.2, -0.15) is 0 Å². The lowest BCUT2D eigenvalue weighted by atomic mass is 10.1. The normalized spacial score (nSPS) is 13.7. The van der Waals surface area contributed by atoms with E-state index >= 15 is 0 Å². The number of carbonyl (C=O) groups excluding carboxylic acids is 3. The second kappa shape index (κ2) is 9.07. The second-order valence-electron chi connectivity index (χ2n) is 5.82. The summed E-state index contributed by atoms with van der Waals surface area (Å²) in [6, 6.07) is 3.66. The van der Waals surface area contributed by atoms with Gasteiger partial charge in [-0.05, 0) is 24.1 Å². The van der Waals surface area contributed by atoms with Gasteiger partial charge in [-0.15, -0.1) is 0 Å². The summed E-state index contributed by atoms with van der Waals surface area (Å²) in [7, 11) is 4.63. The molecule has 0 saturated carbocycles. The Hall–Kier alpha value is -2.77. The summed E-state index contributed by atoms with van der Waals surface area (Å²) >= 11 is 0. The fourth-order valence-electron chi connectivity index (χ4n) is 2.80. The summed E-state index contributed by atoms with van der Waals surface area (Å²) in [6.07, 6.45) is 1.15. The van der Waals surface area contributed by atoms with E-state index in [9.17, 15) is 14.4 Å². The van der Waals surface area contributed by atoms with Crippen molar-refractivity contribution in [2.75, 3.05) is 34.4 Å². The quantitative estimate of drug-likeness (QED) is 0.655. The van der Waals surface area contributed by atoms with Crippen molar-refractivity contribution >= 4 is 17.7 Å². The molecule has 1 aromatic carbocycles. The Kier molecular flexibility index (Phi) is 6.82. The lowest BCUT2D eigenvalue weighted by Crippen LogP contribution is -2.34. The fourth-order valence-corrected chi connectivity index (χ4v) is 2.80. The Morgan fingerprint density at radius 2 is 1.62 bits per heavy atom. The molecule has 8 heteroatoms. The predicted octanol–water partition coefficient (Wildman–Crippen LogP) is 0.910. The monoisotopic (exact) mass is 364 g/mol. The molecule has 1 saturated heterocycles. The van der Waals surface area contributed by atoms with Crippen molar-refractivity contribution in [1.82, 2.24) is 10.2 Å². The lowest BCUT2D eigenvalue weighted by Gasteiger charge is -2.15. The van der Waals surface area contributed by atoms with Crippen molar-refractivity contribution in [2.45, 2.75) is 25.7 Å². The van der Waals surface area contributed by atoms with Crippen molar-refractivity contribution in [2.24, 2.45) is 0 Å². The molecule has 0 bridgehead atoms. The molecule has 142 valence electrons. The van der Waals surface area contributed by atoms with E-state index in [1.165, 1.54) is 7.11 Å². The van der Waals surface area contributed by atoms with E-state index < -0.39 is 0 Å². The zero-order valence-electron chi connectivity index (χ0n) is 15.3. The third-order valence-corrected chi connectivity index (χ3v) is 4.18. The highest BCUT2D eigenvalue weighted by Crippen LogP contribution is 2.38. The number of benzene rings is 1. The number of nitrogens with one attached hydrogen (secondary N) is 1. The first-order valence-electron chi connectivity index (χ1n) is 8.39. The van der Waals surface area contributed by atoms with Crippen molar-refractivity contribution in [3.05, 3.63) is 17.7 Å². The average Bonchev–Trinajstić information content (AvgIpc) is 2.96. The Balaban J connectivity index is 1.84. The Bertz CT molecular complexity index is 647. The van der Waals surface area contributed by atoms with Gasteiger partial charge in [-0.25, -0.2) is 0 Å². The van der Waals surface area contributed by atoms with Crippen LogP contribution in [0, 0.1) is 0 Å². The molecule has 3 amide bonds. The smallest absolute Gasteiger partial charge is 0.229 e. The molecule has 0 spiro atoms. The van der Waals surface area contributed by atoms with Gasteiger partial charge in [0.2, 0.25) is 23.5 Å². The number of methoxy groups -OCH3 is 3. The van der Waals surface area contributed by atoms with Crippen LogP contribution in [0.2, 0.25) is 0 Å². The van der Waals surface area contributed by atoms with Crippen LogP contribution in [-0.2, 0) is 20.8 Å². The van der Waals surface area contributed by atoms with Crippen LogP contribution in [0.25, 0.3) is 0 Å². The summed E-state index contributed by atoms with van der Waals surface area (Å²) < 4.78 is 15.9. The first-order valence-corrected chi connectivity index (χ1v) is 8.39. The van der Waals surface area contributed by atoms with E-state index in [2.05, 4.69) is 5.32 Å². The largest absolute Gasteiger partial charge is 0.493 e. The highest BCUT2D eigenvalue weighted by molar-refractivity contribution is 6.02. The Morgan fingerprint density at radius 3 is 2.12 bits per heavy atom. The van der Waals surface area contributed by atoms with E-state index in [1.54, 1.807) is 14.2 Å². The number of carbonyl (C=O) groups is 3. The number of ether oxygens (including phenoxy) is 3. The van der Waals surface area contributed by atoms with E-state index in [4.69, 9.17) is 14.2 Å². The van der Waals surface area contributed by atoms with Gasteiger partial charge in [0.1, 0.15) is 0 Å². The number of likely N-dealkylation sites (tertiary alicyclic amines) is 1. The molecule has 1 heterocycles. The average molecular weight is 364 g/mol. The van der Waals surface area contributed by atoms with Crippen LogP contribution in [0.3, 0.4) is 0 Å². The third kappa shape index (κ3) is 4.65. The topological polar surface area (TPSA) is 94.2 Å². The van der Waals surface area contributed by atoms with E-state index in [0.29, 0.717) is 30.2 Å². The van der Waals surface area contributed by atoms with Crippen molar-refractivity contribution in [1.29, 1.82) is 0 Å². The van der Waals surface area contributed by atoms with Crippen molar-refractivity contribution in [3.63, 3.8) is 0 Å². The van der Waals surface area contributed by atoms with Crippen LogP contribution in [0.1, 0.15) is 24.8 Å². The zero-order valence-corrected chi connectivity index (χ0v) is 15.3. The molecule has 0 aliphatic carbocycles. The summed E-state index contributed by atoms with van der Waals surface area (Å²) in [5.41, 5.74) is 0.921. The number of nitrogens with zero attached hydrogens (tertiary/aromatic N) is 1. The molecule has 1 aliphatic heterocycles. The van der Waals surface area contributed by atoms with E-state index in [0.717, 1.165) is 10.5 Å². The summed E-state index contributed by atoms with van der Waals surface area (Å²) in [5, 5.41) is 2.79. The maximum atomic E-state index is 11.9. The van der Waals surface area contributed by atoms with Gasteiger partial charge in [-0.3, -0.25) is 19.3 Å². The molecule has 1 N–H and O–H groups in total. The van der Waals surface area contributed by atoms with Gasteiger partial charge in [0.05, 0.1) is 21.3 Å². The van der Waals surface area contributed by atoms with E-state index in [1.807, 2.05) is 12.1 Å². The number of hydrogen-bond acceptors (Lipinski definition) is 6. The minimum atomic E-state index is -0.208. The predicted molar refractivity (Wildman–Crippen MR) is 93.4 cm³/mol. The fraction of sp³-hybridized carbons (Fsp3) is 0.500. The van der Waals surface area contributed by atoms with Crippen LogP contribution in [0.5, 0.6) is 17.2 Å². The third-order valence-electron chi connectivity index (χ3n) is 4.18. The Labute approximate surface area is 152 Å². The van der Waals surface area contributed by atoms with Gasteiger partial charge in [0, 0.05) is 32.4 Å². The van der Waals surface area contributed by atoms with Crippen LogP contribution in [0.4, 0.5) is 0 Å². The molecule has 0 radical (unpaired) electrons. The molecule has 0 aromatic heterocycles. The van der Waals surface area contributed by atoms with Gasteiger partial charge < -0.3 is 19.5 Å². The number of rotatable bonds is 9. The maximum Gasteiger partial charge on any atom is 0.229 e. The van der Waals surface area contributed by atoms with Gasteiger partial charge >= 0.3 is 0 Å². The first kappa shape index (κ1) is 19.6. The molecule has 0 atom stereocenters. The molecule has 0 unspecified atom stereocenters. The highest BCUT2D eigenvalue weighted by Gasteiger charge is 2.28. The molecule has 2 rings (SSSR count). The molecule has 26 heavy (non-hydrogen) atoms. The Morgan fingerprint density at radius 1 is 1.04 bits per heavy atom. The van der Waals surface area contributed by atoms with Gasteiger partial charge in [-0.1, -0.05) is 0 Å². The first-order chi connectivity index (χ1) is 12.5.